The molecule has 0 aliphatic heterocycles. The molecule has 3 rings (SSSR count). The van der Waals surface area contributed by atoms with Gasteiger partial charge in [0.25, 0.3) is 0 Å². The zero-order valence-electron chi connectivity index (χ0n) is 13.2. The van der Waals surface area contributed by atoms with E-state index in [2.05, 4.69) is 13.8 Å². The average Bonchev–Trinajstić information content (AvgIpc) is 2.54. The standard InChI is InChI=1S/C20H18O3/c1-13(2)11-14-3-5-15(6-4-14)20(22)17-7-9-18-16(12-17)8-10-19(21)23-18/h3-10,12-13H,11H2,1-2H3. The van der Waals surface area contributed by atoms with E-state index in [9.17, 15) is 9.59 Å². The van der Waals surface area contributed by atoms with Crippen LogP contribution in [-0.2, 0) is 6.42 Å². The van der Waals surface area contributed by atoms with Gasteiger partial charge in [0.1, 0.15) is 5.58 Å². The van der Waals surface area contributed by atoms with Crippen molar-refractivity contribution in [2.45, 2.75) is 20.3 Å². The van der Waals surface area contributed by atoms with E-state index in [0.717, 1.165) is 11.8 Å². The van der Waals surface area contributed by atoms with Gasteiger partial charge in [-0.05, 0) is 42.2 Å². The van der Waals surface area contributed by atoms with E-state index in [1.807, 2.05) is 24.3 Å². The van der Waals surface area contributed by atoms with E-state index in [4.69, 9.17) is 4.42 Å². The van der Waals surface area contributed by atoms with Gasteiger partial charge in [-0.15, -0.1) is 0 Å². The highest BCUT2D eigenvalue weighted by Gasteiger charge is 2.10. The molecule has 3 heteroatoms. The number of carbonyl (C=O) groups is 1. The Morgan fingerprint density at radius 3 is 2.35 bits per heavy atom. The van der Waals surface area contributed by atoms with Crippen LogP contribution >= 0.6 is 0 Å². The van der Waals surface area contributed by atoms with Crippen molar-refractivity contribution in [1.29, 1.82) is 0 Å². The van der Waals surface area contributed by atoms with Gasteiger partial charge in [-0.1, -0.05) is 38.1 Å². The van der Waals surface area contributed by atoms with Gasteiger partial charge in [-0.3, -0.25) is 4.79 Å². The summed E-state index contributed by atoms with van der Waals surface area (Å²) in [5.74, 6) is 0.556. The molecule has 0 N–H and O–H groups in total. The molecule has 0 aliphatic rings. The van der Waals surface area contributed by atoms with E-state index in [-0.39, 0.29) is 5.78 Å². The summed E-state index contributed by atoms with van der Waals surface area (Å²) in [6, 6.07) is 15.9. The summed E-state index contributed by atoms with van der Waals surface area (Å²) in [6.07, 6.45) is 1.00. The predicted octanol–water partition coefficient (Wildman–Crippen LogP) is 4.22. The average molecular weight is 306 g/mol. The van der Waals surface area contributed by atoms with Gasteiger partial charge in [0.05, 0.1) is 0 Å². The highest BCUT2D eigenvalue weighted by Crippen LogP contribution is 2.18. The normalized spacial score (nSPS) is 11.1. The summed E-state index contributed by atoms with van der Waals surface area (Å²) in [4.78, 5) is 23.8. The smallest absolute Gasteiger partial charge is 0.336 e. The third kappa shape index (κ3) is 3.39. The number of ketones is 1. The molecule has 0 spiro atoms. The molecule has 0 unspecified atom stereocenters. The third-order valence-corrected chi connectivity index (χ3v) is 3.74. The Morgan fingerprint density at radius 1 is 0.957 bits per heavy atom. The fourth-order valence-corrected chi connectivity index (χ4v) is 2.64. The quantitative estimate of drug-likeness (QED) is 0.535. The molecule has 2 aromatic carbocycles. The fourth-order valence-electron chi connectivity index (χ4n) is 2.64. The summed E-state index contributed by atoms with van der Waals surface area (Å²) in [7, 11) is 0. The van der Waals surface area contributed by atoms with Gasteiger partial charge in [0.15, 0.2) is 5.78 Å². The van der Waals surface area contributed by atoms with Crippen molar-refractivity contribution in [1.82, 2.24) is 0 Å². The lowest BCUT2D eigenvalue weighted by Crippen LogP contribution is -2.02. The second kappa shape index (κ2) is 6.21. The number of rotatable bonds is 4. The third-order valence-electron chi connectivity index (χ3n) is 3.74. The molecule has 1 heterocycles. The molecular formula is C20H18O3. The topological polar surface area (TPSA) is 47.3 Å². The number of hydrogen-bond donors (Lipinski definition) is 0. The Kier molecular flexibility index (Phi) is 4.11. The molecule has 0 saturated carbocycles. The number of benzene rings is 2. The van der Waals surface area contributed by atoms with Gasteiger partial charge in [-0.25, -0.2) is 4.79 Å². The van der Waals surface area contributed by atoms with Crippen molar-refractivity contribution in [3.8, 4) is 0 Å². The van der Waals surface area contributed by atoms with Gasteiger partial charge in [-0.2, -0.15) is 0 Å². The largest absolute Gasteiger partial charge is 0.423 e. The van der Waals surface area contributed by atoms with E-state index in [0.29, 0.717) is 22.6 Å². The first kappa shape index (κ1) is 15.2. The van der Waals surface area contributed by atoms with Crippen molar-refractivity contribution in [2.24, 2.45) is 5.92 Å². The summed E-state index contributed by atoms with van der Waals surface area (Å²) >= 11 is 0. The number of hydrogen-bond acceptors (Lipinski definition) is 3. The monoisotopic (exact) mass is 306 g/mol. The molecule has 23 heavy (non-hydrogen) atoms. The predicted molar refractivity (Wildman–Crippen MR) is 90.9 cm³/mol. The van der Waals surface area contributed by atoms with Crippen LogP contribution in [0.2, 0.25) is 0 Å². The van der Waals surface area contributed by atoms with Gasteiger partial charge >= 0.3 is 5.63 Å². The number of carbonyl (C=O) groups excluding carboxylic acids is 1. The molecule has 1 aromatic heterocycles. The maximum Gasteiger partial charge on any atom is 0.336 e. The lowest BCUT2D eigenvalue weighted by molar-refractivity contribution is 0.103. The zero-order chi connectivity index (χ0) is 16.4. The van der Waals surface area contributed by atoms with Gasteiger partial charge < -0.3 is 4.42 Å². The van der Waals surface area contributed by atoms with Crippen molar-refractivity contribution >= 4 is 16.8 Å². The Balaban J connectivity index is 1.90. The zero-order valence-corrected chi connectivity index (χ0v) is 13.2. The molecule has 0 bridgehead atoms. The van der Waals surface area contributed by atoms with Gasteiger partial charge in [0, 0.05) is 22.6 Å². The minimum absolute atomic E-state index is 0.0332. The van der Waals surface area contributed by atoms with Gasteiger partial charge in [0.2, 0.25) is 0 Å². The molecule has 0 aliphatic carbocycles. The first-order chi connectivity index (χ1) is 11.0. The minimum Gasteiger partial charge on any atom is -0.423 e. The van der Waals surface area contributed by atoms with Crippen LogP contribution in [0.4, 0.5) is 0 Å². The molecule has 0 atom stereocenters. The maximum absolute atomic E-state index is 12.6. The Morgan fingerprint density at radius 2 is 1.65 bits per heavy atom. The Hall–Kier alpha value is -2.68. The Labute approximate surface area is 134 Å². The van der Waals surface area contributed by atoms with Crippen LogP contribution < -0.4 is 5.63 Å². The summed E-state index contributed by atoms with van der Waals surface area (Å²) in [6.45, 7) is 4.35. The SMILES string of the molecule is CC(C)Cc1ccc(C(=O)c2ccc3oc(=O)ccc3c2)cc1. The molecular weight excluding hydrogens is 288 g/mol. The van der Waals surface area contributed by atoms with Crippen LogP contribution in [0, 0.1) is 5.92 Å². The molecule has 3 aromatic rings. The highest BCUT2D eigenvalue weighted by molar-refractivity contribution is 6.10. The lowest BCUT2D eigenvalue weighted by Gasteiger charge is -2.07. The van der Waals surface area contributed by atoms with Crippen molar-refractivity contribution in [3.63, 3.8) is 0 Å². The minimum atomic E-state index is -0.391. The van der Waals surface area contributed by atoms with Crippen LogP contribution in [-0.4, -0.2) is 5.78 Å². The fraction of sp³-hybridized carbons (Fsp3) is 0.200. The molecule has 3 nitrogen and oxygen atoms in total. The van der Waals surface area contributed by atoms with Crippen molar-refractivity contribution in [2.75, 3.05) is 0 Å². The van der Waals surface area contributed by atoms with Crippen LogP contribution in [0.15, 0.2) is 63.8 Å². The van der Waals surface area contributed by atoms with E-state index in [1.54, 1.807) is 24.3 Å². The van der Waals surface area contributed by atoms with Crippen molar-refractivity contribution < 1.29 is 9.21 Å². The Bertz CT molecular complexity index is 902. The van der Waals surface area contributed by atoms with E-state index in [1.165, 1.54) is 11.6 Å². The lowest BCUT2D eigenvalue weighted by atomic mass is 9.98. The number of fused-ring (bicyclic) bond motifs is 1. The van der Waals surface area contributed by atoms with E-state index >= 15 is 0 Å². The molecule has 0 amide bonds. The molecule has 0 saturated heterocycles. The van der Waals surface area contributed by atoms with Crippen LogP contribution in [0.25, 0.3) is 11.0 Å². The first-order valence-electron chi connectivity index (χ1n) is 7.70. The summed E-state index contributed by atoms with van der Waals surface area (Å²) < 4.78 is 5.09. The molecule has 0 fully saturated rings. The highest BCUT2D eigenvalue weighted by atomic mass is 16.4. The summed E-state index contributed by atoms with van der Waals surface area (Å²) in [5, 5.41) is 0.742. The van der Waals surface area contributed by atoms with Crippen LogP contribution in [0.5, 0.6) is 0 Å². The maximum atomic E-state index is 12.6. The van der Waals surface area contributed by atoms with Crippen LogP contribution in [0.1, 0.15) is 35.3 Å². The molecule has 0 radical (unpaired) electrons. The van der Waals surface area contributed by atoms with E-state index < -0.39 is 5.63 Å². The second-order valence-electron chi connectivity index (χ2n) is 6.13. The molecule has 116 valence electrons. The second-order valence-corrected chi connectivity index (χ2v) is 6.13. The summed E-state index contributed by atoms with van der Waals surface area (Å²) in [5.41, 5.74) is 2.58. The first-order valence-corrected chi connectivity index (χ1v) is 7.70. The van der Waals surface area contributed by atoms with Crippen LogP contribution in [0.3, 0.4) is 0 Å². The van der Waals surface area contributed by atoms with Crippen molar-refractivity contribution in [3.05, 3.63) is 81.7 Å².